The van der Waals surface area contributed by atoms with Crippen LogP contribution in [0.15, 0.2) is 30.3 Å². The molecule has 0 spiro atoms. The van der Waals surface area contributed by atoms with Gasteiger partial charge in [0.1, 0.15) is 6.61 Å². The van der Waals surface area contributed by atoms with E-state index in [-0.39, 0.29) is 18.1 Å². The van der Waals surface area contributed by atoms with Gasteiger partial charge in [-0.15, -0.1) is 0 Å². The van der Waals surface area contributed by atoms with Gasteiger partial charge in [0.15, 0.2) is 0 Å². The number of rotatable bonds is 3. The molecule has 0 aromatic heterocycles. The molecule has 4 nitrogen and oxygen atoms in total. The van der Waals surface area contributed by atoms with Gasteiger partial charge >= 0.3 is 6.09 Å². The maximum Gasteiger partial charge on any atom is 0.410 e. The third-order valence-electron chi connectivity index (χ3n) is 4.08. The third-order valence-corrected chi connectivity index (χ3v) is 4.08. The van der Waals surface area contributed by atoms with E-state index in [0.29, 0.717) is 19.1 Å². The second-order valence-corrected chi connectivity index (χ2v) is 5.34. The van der Waals surface area contributed by atoms with Gasteiger partial charge in [-0.3, -0.25) is 0 Å². The first-order valence-electron chi connectivity index (χ1n) is 6.30. The maximum absolute atomic E-state index is 11.9. The van der Waals surface area contributed by atoms with E-state index < -0.39 is 0 Å². The molecule has 1 aromatic rings. The first-order valence-corrected chi connectivity index (χ1v) is 6.30. The zero-order valence-corrected chi connectivity index (χ0v) is 10.2. The molecule has 2 aliphatic rings. The molecule has 1 heterocycles. The predicted molar refractivity (Wildman–Crippen MR) is 65.8 cm³/mol. The van der Waals surface area contributed by atoms with E-state index in [0.717, 1.165) is 18.5 Å². The van der Waals surface area contributed by atoms with Crippen LogP contribution in [0.4, 0.5) is 4.79 Å². The van der Waals surface area contributed by atoms with Crippen molar-refractivity contribution in [1.82, 2.24) is 4.90 Å². The van der Waals surface area contributed by atoms with Crippen molar-refractivity contribution in [2.24, 2.45) is 11.3 Å². The van der Waals surface area contributed by atoms with Crippen molar-refractivity contribution >= 4 is 6.09 Å². The Hall–Kier alpha value is -1.55. The Morgan fingerprint density at radius 2 is 2.22 bits per heavy atom. The highest BCUT2D eigenvalue weighted by Gasteiger charge is 2.60. The fourth-order valence-corrected chi connectivity index (χ4v) is 2.79. The van der Waals surface area contributed by atoms with Gasteiger partial charge in [0.25, 0.3) is 0 Å². The number of aliphatic hydroxyl groups is 1. The minimum Gasteiger partial charge on any atom is -0.445 e. The van der Waals surface area contributed by atoms with E-state index in [1.54, 1.807) is 4.90 Å². The average molecular weight is 247 g/mol. The van der Waals surface area contributed by atoms with E-state index in [1.165, 1.54) is 0 Å². The fraction of sp³-hybridized carbons (Fsp3) is 0.500. The number of hydrogen-bond acceptors (Lipinski definition) is 3. The van der Waals surface area contributed by atoms with Crippen LogP contribution in [-0.4, -0.2) is 35.8 Å². The lowest BCUT2D eigenvalue weighted by Crippen LogP contribution is -2.33. The van der Waals surface area contributed by atoms with Crippen molar-refractivity contribution in [2.45, 2.75) is 13.0 Å². The number of piperidine rings is 1. The van der Waals surface area contributed by atoms with Crippen LogP contribution in [0, 0.1) is 11.3 Å². The molecule has 0 unspecified atom stereocenters. The monoisotopic (exact) mass is 247 g/mol. The van der Waals surface area contributed by atoms with Gasteiger partial charge in [-0.05, 0) is 17.9 Å². The molecule has 1 amide bonds. The Labute approximate surface area is 106 Å². The van der Waals surface area contributed by atoms with Crippen molar-refractivity contribution in [1.29, 1.82) is 0 Å². The first kappa shape index (κ1) is 11.5. The van der Waals surface area contributed by atoms with Crippen LogP contribution in [-0.2, 0) is 11.3 Å². The molecule has 1 aliphatic carbocycles. The lowest BCUT2D eigenvalue weighted by Gasteiger charge is -2.19. The molecule has 1 aromatic carbocycles. The molecular formula is C14H17NO3. The first-order chi connectivity index (χ1) is 8.73. The summed E-state index contributed by atoms with van der Waals surface area (Å²) in [5.74, 6) is 0.478. The smallest absolute Gasteiger partial charge is 0.410 e. The van der Waals surface area contributed by atoms with Crippen LogP contribution in [0.1, 0.15) is 12.0 Å². The summed E-state index contributed by atoms with van der Waals surface area (Å²) in [6.45, 7) is 1.86. The van der Waals surface area contributed by atoms with Crippen molar-refractivity contribution in [3.63, 3.8) is 0 Å². The molecule has 3 rings (SSSR count). The highest BCUT2D eigenvalue weighted by Crippen LogP contribution is 2.57. The van der Waals surface area contributed by atoms with Crippen molar-refractivity contribution in [3.8, 4) is 0 Å². The Kier molecular flexibility index (Phi) is 2.74. The third kappa shape index (κ3) is 1.97. The standard InChI is InChI=1S/C14H17NO3/c16-10-14-6-12(14)7-15(9-14)13(17)18-8-11-4-2-1-3-5-11/h1-5,12,16H,6-10H2/t12-,14+/m0/s1. The zero-order chi connectivity index (χ0) is 12.6. The number of carbonyl (C=O) groups is 1. The minimum atomic E-state index is -0.265. The number of benzene rings is 1. The van der Waals surface area contributed by atoms with Crippen LogP contribution in [0.3, 0.4) is 0 Å². The summed E-state index contributed by atoms with van der Waals surface area (Å²) in [6, 6.07) is 9.65. The van der Waals surface area contributed by atoms with Crippen molar-refractivity contribution in [2.75, 3.05) is 19.7 Å². The second-order valence-electron chi connectivity index (χ2n) is 5.34. The molecule has 4 heteroatoms. The molecule has 0 bridgehead atoms. The Morgan fingerprint density at radius 1 is 1.44 bits per heavy atom. The Bertz CT molecular complexity index is 444. The van der Waals surface area contributed by atoms with Crippen molar-refractivity contribution in [3.05, 3.63) is 35.9 Å². The number of amides is 1. The molecule has 0 radical (unpaired) electrons. The molecule has 1 N–H and O–H groups in total. The number of ether oxygens (including phenoxy) is 1. The number of nitrogens with zero attached hydrogens (tertiary/aromatic N) is 1. The topological polar surface area (TPSA) is 49.8 Å². The summed E-state index contributed by atoms with van der Waals surface area (Å²) in [4.78, 5) is 13.6. The molecule has 2 fully saturated rings. The van der Waals surface area contributed by atoms with Crippen LogP contribution in [0.2, 0.25) is 0 Å². The van der Waals surface area contributed by atoms with Gasteiger partial charge in [0, 0.05) is 18.5 Å². The summed E-state index contributed by atoms with van der Waals surface area (Å²) in [6.07, 6.45) is 0.783. The summed E-state index contributed by atoms with van der Waals surface area (Å²) in [5.41, 5.74) is 0.984. The van der Waals surface area contributed by atoms with Crippen LogP contribution < -0.4 is 0 Å². The predicted octanol–water partition coefficient (Wildman–Crippen LogP) is 1.64. The zero-order valence-electron chi connectivity index (χ0n) is 10.2. The lowest BCUT2D eigenvalue weighted by atomic mass is 10.1. The van der Waals surface area contributed by atoms with Gasteiger partial charge in [0.05, 0.1) is 6.61 Å². The Balaban J connectivity index is 1.51. The molecule has 96 valence electrons. The molecule has 1 saturated heterocycles. The van der Waals surface area contributed by atoms with Crippen LogP contribution >= 0.6 is 0 Å². The quantitative estimate of drug-likeness (QED) is 0.883. The number of likely N-dealkylation sites (tertiary alicyclic amines) is 1. The normalized spacial score (nSPS) is 28.9. The van der Waals surface area contributed by atoms with E-state index in [1.807, 2.05) is 30.3 Å². The van der Waals surface area contributed by atoms with Gasteiger partial charge in [-0.2, -0.15) is 0 Å². The number of fused-ring (bicyclic) bond motifs is 1. The van der Waals surface area contributed by atoms with Gasteiger partial charge in [0.2, 0.25) is 0 Å². The highest BCUT2D eigenvalue weighted by atomic mass is 16.6. The number of hydrogen-bond donors (Lipinski definition) is 1. The summed E-state index contributed by atoms with van der Waals surface area (Å²) < 4.78 is 5.28. The van der Waals surface area contributed by atoms with Gasteiger partial charge in [-0.25, -0.2) is 4.79 Å². The summed E-state index contributed by atoms with van der Waals surface area (Å²) >= 11 is 0. The minimum absolute atomic E-state index is 0.00817. The Morgan fingerprint density at radius 3 is 2.89 bits per heavy atom. The van der Waals surface area contributed by atoms with E-state index in [4.69, 9.17) is 4.74 Å². The molecule has 2 atom stereocenters. The largest absolute Gasteiger partial charge is 0.445 e. The van der Waals surface area contributed by atoms with Gasteiger partial charge in [-0.1, -0.05) is 30.3 Å². The maximum atomic E-state index is 11.9. The second kappa shape index (κ2) is 4.28. The van der Waals surface area contributed by atoms with E-state index in [2.05, 4.69) is 0 Å². The SMILES string of the molecule is O=C(OCc1ccccc1)N1C[C@@H]2C[C@]2(CO)C1. The molecule has 1 aliphatic heterocycles. The fourth-order valence-electron chi connectivity index (χ4n) is 2.79. The summed E-state index contributed by atoms with van der Waals surface area (Å²) in [7, 11) is 0. The highest BCUT2D eigenvalue weighted by molar-refractivity contribution is 5.68. The molecule has 1 saturated carbocycles. The van der Waals surface area contributed by atoms with Crippen molar-refractivity contribution < 1.29 is 14.6 Å². The number of carbonyl (C=O) groups excluding carboxylic acids is 1. The van der Waals surface area contributed by atoms with Crippen LogP contribution in [0.25, 0.3) is 0 Å². The molecule has 18 heavy (non-hydrogen) atoms. The number of aliphatic hydroxyl groups excluding tert-OH is 1. The lowest BCUT2D eigenvalue weighted by molar-refractivity contribution is 0.0945. The average Bonchev–Trinajstić information content (AvgIpc) is 2.99. The van der Waals surface area contributed by atoms with E-state index in [9.17, 15) is 9.90 Å². The summed E-state index contributed by atoms with van der Waals surface area (Å²) in [5, 5.41) is 9.30. The van der Waals surface area contributed by atoms with Crippen LogP contribution in [0.5, 0.6) is 0 Å². The molecular weight excluding hydrogens is 230 g/mol. The van der Waals surface area contributed by atoms with Gasteiger partial charge < -0.3 is 14.7 Å². The van der Waals surface area contributed by atoms with E-state index >= 15 is 0 Å².